The van der Waals surface area contributed by atoms with Crippen molar-refractivity contribution in [3.63, 3.8) is 0 Å². The molecule has 0 unspecified atom stereocenters. The van der Waals surface area contributed by atoms with Crippen LogP contribution >= 0.6 is 0 Å². The number of nitro groups is 1. The van der Waals surface area contributed by atoms with Crippen LogP contribution in [0.2, 0.25) is 0 Å². The third kappa shape index (κ3) is 6.83. The van der Waals surface area contributed by atoms with Crippen molar-refractivity contribution in [3.8, 4) is 5.75 Å². The van der Waals surface area contributed by atoms with Crippen molar-refractivity contribution in [1.82, 2.24) is 0 Å². The predicted octanol–water partition coefficient (Wildman–Crippen LogP) is 3.39. The average Bonchev–Trinajstić information content (AvgIpc) is 2.66. The Kier molecular flexibility index (Phi) is 7.14. The van der Waals surface area contributed by atoms with Crippen molar-refractivity contribution in [2.24, 2.45) is 0 Å². The maximum Gasteiger partial charge on any atom is 0.387 e. The van der Waals surface area contributed by atoms with Gasteiger partial charge in [-0.05, 0) is 35.9 Å². The lowest BCUT2D eigenvalue weighted by atomic mass is 10.2. The highest BCUT2D eigenvalue weighted by Crippen LogP contribution is 2.16. The number of non-ortho nitro benzene ring substituents is 1. The van der Waals surface area contributed by atoms with Crippen molar-refractivity contribution >= 4 is 29.3 Å². The highest BCUT2D eigenvalue weighted by atomic mass is 19.3. The SMILES string of the molecule is O=C(COC(=O)/C=C/c1ccc(OC(F)F)cc1)Nc1ccc([N+](=O)[O-])cc1. The molecule has 0 aliphatic rings. The van der Waals surface area contributed by atoms with E-state index in [0.717, 1.165) is 6.08 Å². The number of hydrogen-bond acceptors (Lipinski definition) is 6. The summed E-state index contributed by atoms with van der Waals surface area (Å²) in [6.45, 7) is -3.48. The minimum absolute atomic E-state index is 0.0161. The number of halogens is 2. The van der Waals surface area contributed by atoms with Gasteiger partial charge in [-0.2, -0.15) is 8.78 Å². The zero-order valence-corrected chi connectivity index (χ0v) is 14.2. The quantitative estimate of drug-likeness (QED) is 0.319. The second-order valence-corrected chi connectivity index (χ2v) is 5.24. The van der Waals surface area contributed by atoms with Gasteiger partial charge < -0.3 is 14.8 Å². The molecule has 0 spiro atoms. The topological polar surface area (TPSA) is 108 Å². The summed E-state index contributed by atoms with van der Waals surface area (Å²) < 4.78 is 33.1. The van der Waals surface area contributed by atoms with Gasteiger partial charge >= 0.3 is 12.6 Å². The number of nitro benzene ring substituents is 1. The number of carbonyl (C=O) groups excluding carboxylic acids is 2. The normalized spacial score (nSPS) is 10.7. The van der Waals surface area contributed by atoms with E-state index in [1.54, 1.807) is 0 Å². The Morgan fingerprint density at radius 3 is 2.32 bits per heavy atom. The van der Waals surface area contributed by atoms with Gasteiger partial charge in [-0.15, -0.1) is 0 Å². The fourth-order valence-corrected chi connectivity index (χ4v) is 1.97. The van der Waals surface area contributed by atoms with Gasteiger partial charge in [0.05, 0.1) is 4.92 Å². The van der Waals surface area contributed by atoms with Crippen molar-refractivity contribution in [3.05, 3.63) is 70.3 Å². The number of rotatable bonds is 8. The van der Waals surface area contributed by atoms with Gasteiger partial charge in [0.25, 0.3) is 11.6 Å². The lowest BCUT2D eigenvalue weighted by Gasteiger charge is -2.05. The third-order valence-electron chi connectivity index (χ3n) is 3.22. The molecule has 0 saturated heterocycles. The molecule has 0 heterocycles. The van der Waals surface area contributed by atoms with E-state index < -0.39 is 30.0 Å². The lowest BCUT2D eigenvalue weighted by Crippen LogP contribution is -2.20. The second-order valence-electron chi connectivity index (χ2n) is 5.24. The molecule has 0 saturated carbocycles. The Balaban J connectivity index is 1.78. The maximum atomic E-state index is 12.1. The van der Waals surface area contributed by atoms with Crippen LogP contribution in [0.5, 0.6) is 5.75 Å². The van der Waals surface area contributed by atoms with Gasteiger partial charge in [0.2, 0.25) is 0 Å². The molecule has 1 amide bonds. The van der Waals surface area contributed by atoms with Crippen LogP contribution in [0.3, 0.4) is 0 Å². The Labute approximate surface area is 157 Å². The minimum Gasteiger partial charge on any atom is -0.452 e. The molecule has 2 rings (SSSR count). The number of alkyl halides is 2. The summed E-state index contributed by atoms with van der Waals surface area (Å²) in [4.78, 5) is 33.3. The average molecular weight is 392 g/mol. The van der Waals surface area contributed by atoms with Gasteiger partial charge in [-0.3, -0.25) is 14.9 Å². The van der Waals surface area contributed by atoms with Crippen molar-refractivity contribution in [1.29, 1.82) is 0 Å². The van der Waals surface area contributed by atoms with Crippen LogP contribution in [0.25, 0.3) is 6.08 Å². The molecular formula is C18H14F2N2O6. The highest BCUT2D eigenvalue weighted by Gasteiger charge is 2.08. The van der Waals surface area contributed by atoms with Crippen molar-refractivity contribution in [2.75, 3.05) is 11.9 Å². The number of hydrogen-bond donors (Lipinski definition) is 1. The number of ether oxygens (including phenoxy) is 2. The smallest absolute Gasteiger partial charge is 0.387 e. The molecule has 146 valence electrons. The summed E-state index contributed by atoms with van der Waals surface area (Å²) in [6.07, 6.45) is 2.45. The Morgan fingerprint density at radius 1 is 1.11 bits per heavy atom. The van der Waals surface area contributed by atoms with Crippen molar-refractivity contribution < 1.29 is 32.8 Å². The minimum atomic E-state index is -2.92. The molecule has 1 N–H and O–H groups in total. The first-order chi connectivity index (χ1) is 13.3. The molecule has 10 heteroatoms. The molecule has 28 heavy (non-hydrogen) atoms. The van der Waals surface area contributed by atoms with Gasteiger partial charge in [0.1, 0.15) is 5.75 Å². The number of nitrogens with zero attached hydrogens (tertiary/aromatic N) is 1. The van der Waals surface area contributed by atoms with Gasteiger partial charge in [-0.25, -0.2) is 4.79 Å². The number of amides is 1. The number of carbonyl (C=O) groups is 2. The van der Waals surface area contributed by atoms with E-state index in [4.69, 9.17) is 4.74 Å². The van der Waals surface area contributed by atoms with Crippen LogP contribution in [0.4, 0.5) is 20.2 Å². The summed E-state index contributed by atoms with van der Waals surface area (Å²) in [5.41, 5.74) is 0.727. The summed E-state index contributed by atoms with van der Waals surface area (Å²) in [5, 5.41) is 13.0. The first kappa shape index (κ1) is 20.5. The first-order valence-electron chi connectivity index (χ1n) is 7.77. The number of esters is 1. The predicted molar refractivity (Wildman–Crippen MR) is 94.8 cm³/mol. The molecule has 0 aromatic heterocycles. The van der Waals surface area contributed by atoms with E-state index in [1.165, 1.54) is 54.6 Å². The number of nitrogens with one attached hydrogen (secondary N) is 1. The summed E-state index contributed by atoms with van der Waals surface area (Å²) >= 11 is 0. The van der Waals surface area contributed by atoms with Crippen LogP contribution in [-0.2, 0) is 14.3 Å². The fraction of sp³-hybridized carbons (Fsp3) is 0.111. The first-order valence-corrected chi connectivity index (χ1v) is 7.77. The molecule has 0 atom stereocenters. The standard InChI is InChI=1S/C18H14F2N2O6/c19-18(20)28-15-8-1-12(2-9-15)3-10-17(24)27-11-16(23)21-13-4-6-14(7-5-13)22(25)26/h1-10,18H,11H2,(H,21,23)/b10-3+. The molecule has 2 aromatic rings. The molecule has 8 nitrogen and oxygen atoms in total. The Morgan fingerprint density at radius 2 is 1.75 bits per heavy atom. The molecule has 0 aliphatic heterocycles. The van der Waals surface area contributed by atoms with E-state index in [2.05, 4.69) is 10.1 Å². The lowest BCUT2D eigenvalue weighted by molar-refractivity contribution is -0.384. The molecule has 0 radical (unpaired) electrons. The summed E-state index contributed by atoms with van der Waals surface area (Å²) in [6, 6.07) is 10.7. The Bertz CT molecular complexity index is 867. The van der Waals surface area contributed by atoms with E-state index >= 15 is 0 Å². The zero-order valence-electron chi connectivity index (χ0n) is 14.2. The zero-order chi connectivity index (χ0) is 20.5. The van der Waals surface area contributed by atoms with Crippen molar-refractivity contribution in [2.45, 2.75) is 6.61 Å². The molecule has 0 aliphatic carbocycles. The Hall–Kier alpha value is -3.82. The fourth-order valence-electron chi connectivity index (χ4n) is 1.97. The third-order valence-corrected chi connectivity index (χ3v) is 3.22. The largest absolute Gasteiger partial charge is 0.452 e. The summed E-state index contributed by atoms with van der Waals surface area (Å²) in [7, 11) is 0. The van der Waals surface area contributed by atoms with Crippen LogP contribution in [-0.4, -0.2) is 30.0 Å². The van der Waals surface area contributed by atoms with Gasteiger partial charge in [-0.1, -0.05) is 12.1 Å². The highest BCUT2D eigenvalue weighted by molar-refractivity contribution is 5.94. The molecular weight excluding hydrogens is 378 g/mol. The molecule has 0 fully saturated rings. The van der Waals surface area contributed by atoms with E-state index in [1.807, 2.05) is 0 Å². The summed E-state index contributed by atoms with van der Waals surface area (Å²) in [5.74, 6) is -1.42. The van der Waals surface area contributed by atoms with Gasteiger partial charge in [0, 0.05) is 23.9 Å². The number of anilines is 1. The van der Waals surface area contributed by atoms with E-state index in [-0.39, 0.29) is 11.4 Å². The van der Waals surface area contributed by atoms with Crippen LogP contribution in [0, 0.1) is 10.1 Å². The van der Waals surface area contributed by atoms with E-state index in [0.29, 0.717) is 11.3 Å². The van der Waals surface area contributed by atoms with Crippen LogP contribution in [0.15, 0.2) is 54.6 Å². The number of benzene rings is 2. The van der Waals surface area contributed by atoms with E-state index in [9.17, 15) is 28.5 Å². The van der Waals surface area contributed by atoms with Crippen LogP contribution < -0.4 is 10.1 Å². The monoisotopic (exact) mass is 392 g/mol. The second kappa shape index (κ2) is 9.76. The maximum absolute atomic E-state index is 12.1. The van der Waals surface area contributed by atoms with Crippen LogP contribution in [0.1, 0.15) is 5.56 Å². The molecule has 2 aromatic carbocycles. The molecule has 0 bridgehead atoms. The van der Waals surface area contributed by atoms with Gasteiger partial charge in [0.15, 0.2) is 6.61 Å².